The normalized spacial score (nSPS) is 14.8. The maximum absolute atomic E-state index is 12.9. The molecule has 0 radical (unpaired) electrons. The van der Waals surface area contributed by atoms with Crippen LogP contribution >= 0.6 is 23.6 Å². The highest BCUT2D eigenvalue weighted by Gasteiger charge is 2.26. The number of rotatable bonds is 6. The van der Waals surface area contributed by atoms with Gasteiger partial charge in [-0.3, -0.25) is 0 Å². The number of hydrogen-bond donors (Lipinski definition) is 2. The molecule has 3 rings (SSSR count). The van der Waals surface area contributed by atoms with Crippen LogP contribution < -0.4 is 10.6 Å². The van der Waals surface area contributed by atoms with Crippen LogP contribution in [0.2, 0.25) is 0 Å². The van der Waals surface area contributed by atoms with E-state index in [0.717, 1.165) is 10.4 Å². The van der Waals surface area contributed by atoms with Crippen LogP contribution in [0.25, 0.3) is 0 Å². The van der Waals surface area contributed by atoms with Gasteiger partial charge in [0.25, 0.3) is 0 Å². The van der Waals surface area contributed by atoms with Gasteiger partial charge in [0.1, 0.15) is 5.00 Å². The van der Waals surface area contributed by atoms with Crippen molar-refractivity contribution in [2.24, 2.45) is 0 Å². The number of morpholine rings is 1. The summed E-state index contributed by atoms with van der Waals surface area (Å²) in [7, 11) is -2.27. The van der Waals surface area contributed by atoms with Gasteiger partial charge in [-0.25, -0.2) is 13.2 Å². The van der Waals surface area contributed by atoms with Crippen molar-refractivity contribution in [2.75, 3.05) is 44.0 Å². The fourth-order valence-electron chi connectivity index (χ4n) is 3.35. The van der Waals surface area contributed by atoms with E-state index in [-0.39, 0.29) is 10.0 Å². The van der Waals surface area contributed by atoms with E-state index in [1.165, 1.54) is 28.8 Å². The lowest BCUT2D eigenvalue weighted by Gasteiger charge is -2.26. The SMILES string of the molecule is CCc1c(C)sc(NC(=S)Nc2cccc(S(=O)(=O)N3CCOCC3)c2)c1C(=O)OC. The first-order valence-corrected chi connectivity index (χ1v) is 12.4. The Morgan fingerprint density at radius 1 is 1.29 bits per heavy atom. The van der Waals surface area contributed by atoms with Crippen molar-refractivity contribution in [3.8, 4) is 0 Å². The van der Waals surface area contributed by atoms with Gasteiger partial charge in [-0.1, -0.05) is 13.0 Å². The zero-order valence-electron chi connectivity index (χ0n) is 17.6. The molecule has 0 saturated carbocycles. The van der Waals surface area contributed by atoms with Gasteiger partial charge in [-0.2, -0.15) is 4.31 Å². The molecule has 0 unspecified atom stereocenters. The number of hydrogen-bond acceptors (Lipinski definition) is 7. The predicted molar refractivity (Wildman–Crippen MR) is 126 cm³/mol. The molecule has 168 valence electrons. The molecule has 1 aliphatic rings. The smallest absolute Gasteiger partial charge is 0.341 e. The van der Waals surface area contributed by atoms with Crippen molar-refractivity contribution >= 4 is 55.3 Å². The second kappa shape index (κ2) is 10.0. The number of thiophene rings is 1. The van der Waals surface area contributed by atoms with Crippen molar-refractivity contribution in [2.45, 2.75) is 25.2 Å². The quantitative estimate of drug-likeness (QED) is 0.478. The lowest BCUT2D eigenvalue weighted by Crippen LogP contribution is -2.40. The topological polar surface area (TPSA) is 97.0 Å². The fourth-order valence-corrected chi connectivity index (χ4v) is 6.22. The highest BCUT2D eigenvalue weighted by atomic mass is 32.2. The molecule has 31 heavy (non-hydrogen) atoms. The standard InChI is InChI=1S/C20H25N3O5S3/c1-4-16-13(2)30-18(17(16)19(24)27-3)22-20(29)21-14-6-5-7-15(12-14)31(25,26)23-8-10-28-11-9-23/h5-7,12H,4,8-11H2,1-3H3,(H2,21,22,29). The van der Waals surface area contributed by atoms with Crippen LogP contribution in [0.15, 0.2) is 29.2 Å². The average molecular weight is 484 g/mol. The summed E-state index contributed by atoms with van der Waals surface area (Å²) in [6, 6.07) is 6.47. The van der Waals surface area contributed by atoms with E-state index >= 15 is 0 Å². The Labute approximate surface area is 191 Å². The summed E-state index contributed by atoms with van der Waals surface area (Å²) >= 11 is 6.83. The molecule has 2 aromatic rings. The van der Waals surface area contributed by atoms with Crippen molar-refractivity contribution in [3.63, 3.8) is 0 Å². The van der Waals surface area contributed by atoms with Gasteiger partial charge in [-0.05, 0) is 49.3 Å². The Morgan fingerprint density at radius 3 is 2.65 bits per heavy atom. The number of nitrogens with zero attached hydrogens (tertiary/aromatic N) is 1. The number of ether oxygens (including phenoxy) is 2. The Kier molecular flexibility index (Phi) is 7.65. The molecule has 2 N–H and O–H groups in total. The van der Waals surface area contributed by atoms with E-state index in [2.05, 4.69) is 10.6 Å². The minimum absolute atomic E-state index is 0.178. The molecule has 1 aromatic heterocycles. The molecule has 1 aliphatic heterocycles. The molecule has 8 nitrogen and oxygen atoms in total. The Balaban J connectivity index is 1.78. The number of anilines is 2. The lowest BCUT2D eigenvalue weighted by molar-refractivity contribution is 0.0601. The van der Waals surface area contributed by atoms with Crippen LogP contribution in [0, 0.1) is 6.92 Å². The van der Waals surface area contributed by atoms with Gasteiger partial charge < -0.3 is 20.1 Å². The van der Waals surface area contributed by atoms with Crippen LogP contribution in [-0.4, -0.2) is 57.2 Å². The molecular formula is C20H25N3O5S3. The Bertz CT molecular complexity index is 1080. The molecule has 1 fully saturated rings. The number of thiocarbonyl (C=S) groups is 1. The van der Waals surface area contributed by atoms with Crippen LogP contribution in [0.5, 0.6) is 0 Å². The molecule has 0 aliphatic carbocycles. The second-order valence-electron chi connectivity index (χ2n) is 6.81. The Hall–Kier alpha value is -2.05. The van der Waals surface area contributed by atoms with Crippen molar-refractivity contribution in [1.29, 1.82) is 0 Å². The molecular weight excluding hydrogens is 458 g/mol. The number of carbonyl (C=O) groups excluding carboxylic acids is 1. The summed E-state index contributed by atoms with van der Waals surface area (Å²) in [4.78, 5) is 13.5. The molecule has 1 aromatic carbocycles. The summed E-state index contributed by atoms with van der Waals surface area (Å²) in [5, 5.41) is 6.90. The molecule has 1 saturated heterocycles. The second-order valence-corrected chi connectivity index (χ2v) is 10.4. The summed E-state index contributed by atoms with van der Waals surface area (Å²) in [5.74, 6) is -0.426. The first kappa shape index (κ1) is 23.6. The fraction of sp³-hybridized carbons (Fsp3) is 0.400. The van der Waals surface area contributed by atoms with E-state index in [1.54, 1.807) is 18.2 Å². The third kappa shape index (κ3) is 5.24. The monoisotopic (exact) mass is 483 g/mol. The number of aryl methyl sites for hydroxylation is 1. The van der Waals surface area contributed by atoms with Gasteiger partial charge in [0, 0.05) is 23.7 Å². The maximum atomic E-state index is 12.9. The molecule has 0 bridgehead atoms. The Morgan fingerprint density at radius 2 is 2.00 bits per heavy atom. The minimum Gasteiger partial charge on any atom is -0.465 e. The third-order valence-corrected chi connectivity index (χ3v) is 8.04. The zero-order valence-corrected chi connectivity index (χ0v) is 20.0. The van der Waals surface area contributed by atoms with Crippen LogP contribution in [0.4, 0.5) is 10.7 Å². The molecule has 11 heteroatoms. The van der Waals surface area contributed by atoms with Crippen molar-refractivity contribution < 1.29 is 22.7 Å². The van der Waals surface area contributed by atoms with Gasteiger partial charge in [0.15, 0.2) is 5.11 Å². The summed E-state index contributed by atoms with van der Waals surface area (Å²) in [6.07, 6.45) is 0.691. The largest absolute Gasteiger partial charge is 0.465 e. The van der Waals surface area contributed by atoms with Gasteiger partial charge in [-0.15, -0.1) is 11.3 Å². The van der Waals surface area contributed by atoms with E-state index in [4.69, 9.17) is 21.7 Å². The number of esters is 1. The maximum Gasteiger partial charge on any atom is 0.341 e. The van der Waals surface area contributed by atoms with Crippen molar-refractivity contribution in [1.82, 2.24) is 4.31 Å². The minimum atomic E-state index is -3.62. The number of sulfonamides is 1. The van der Waals surface area contributed by atoms with E-state index in [1.807, 2.05) is 13.8 Å². The van der Waals surface area contributed by atoms with Crippen LogP contribution in [0.1, 0.15) is 27.7 Å². The first-order chi connectivity index (χ1) is 14.8. The summed E-state index contributed by atoms with van der Waals surface area (Å²) in [5.41, 5.74) is 1.91. The van der Waals surface area contributed by atoms with Gasteiger partial charge in [0.2, 0.25) is 10.0 Å². The molecule has 2 heterocycles. The van der Waals surface area contributed by atoms with Gasteiger partial charge >= 0.3 is 5.97 Å². The number of carbonyl (C=O) groups is 1. The first-order valence-electron chi connectivity index (χ1n) is 9.74. The van der Waals surface area contributed by atoms with Crippen LogP contribution in [0.3, 0.4) is 0 Å². The highest BCUT2D eigenvalue weighted by molar-refractivity contribution is 7.89. The van der Waals surface area contributed by atoms with E-state index < -0.39 is 16.0 Å². The van der Waals surface area contributed by atoms with E-state index in [9.17, 15) is 13.2 Å². The lowest BCUT2D eigenvalue weighted by atomic mass is 10.1. The van der Waals surface area contributed by atoms with E-state index in [0.29, 0.717) is 49.0 Å². The number of methoxy groups -OCH3 is 1. The highest BCUT2D eigenvalue weighted by Crippen LogP contribution is 2.34. The molecule has 0 spiro atoms. The molecule has 0 amide bonds. The zero-order chi connectivity index (χ0) is 22.6. The average Bonchev–Trinajstić information content (AvgIpc) is 3.08. The molecule has 0 atom stereocenters. The number of benzene rings is 1. The predicted octanol–water partition coefficient (Wildman–Crippen LogP) is 3.24. The van der Waals surface area contributed by atoms with Gasteiger partial charge in [0.05, 0.1) is 30.8 Å². The number of nitrogens with one attached hydrogen (secondary N) is 2. The summed E-state index contributed by atoms with van der Waals surface area (Å²) in [6.45, 7) is 5.34. The van der Waals surface area contributed by atoms with Crippen molar-refractivity contribution in [3.05, 3.63) is 40.3 Å². The third-order valence-electron chi connectivity index (χ3n) is 4.88. The van der Waals surface area contributed by atoms with Crippen LogP contribution in [-0.2, 0) is 25.9 Å². The summed E-state index contributed by atoms with van der Waals surface area (Å²) < 4.78 is 37.4.